The van der Waals surface area contributed by atoms with E-state index in [0.29, 0.717) is 5.69 Å². The minimum atomic E-state index is -0.444. The van der Waals surface area contributed by atoms with Crippen molar-refractivity contribution in [1.82, 2.24) is 14.8 Å². The Morgan fingerprint density at radius 2 is 2.21 bits per heavy atom. The number of nitrogens with zero attached hydrogens (tertiary/aromatic N) is 3. The van der Waals surface area contributed by atoms with E-state index in [-0.39, 0.29) is 23.7 Å². The number of nitro groups is 1. The molecule has 7 nitrogen and oxygen atoms in total. The van der Waals surface area contributed by atoms with Crippen LogP contribution in [0, 0.1) is 10.1 Å². The summed E-state index contributed by atoms with van der Waals surface area (Å²) in [5.74, 6) is -0.133. The molecule has 1 saturated heterocycles. The zero-order valence-electron chi connectivity index (χ0n) is 10.7. The van der Waals surface area contributed by atoms with Gasteiger partial charge in [0.1, 0.15) is 5.69 Å². The SMILES string of the molecule is CN(C(=O)c1cc([N+](=O)[O-])cn1C1CC1)C1CNC1. The number of hydrogen-bond donors (Lipinski definition) is 1. The number of likely N-dealkylation sites (N-methyl/N-ethyl adjacent to an activating group) is 1. The summed E-state index contributed by atoms with van der Waals surface area (Å²) in [6.07, 6.45) is 3.46. The highest BCUT2D eigenvalue weighted by molar-refractivity contribution is 5.93. The maximum absolute atomic E-state index is 12.4. The van der Waals surface area contributed by atoms with Crippen LogP contribution in [0.4, 0.5) is 5.69 Å². The Morgan fingerprint density at radius 1 is 1.53 bits per heavy atom. The molecule has 2 heterocycles. The quantitative estimate of drug-likeness (QED) is 0.643. The molecule has 0 bridgehead atoms. The smallest absolute Gasteiger partial charge is 0.287 e. The Balaban J connectivity index is 1.89. The lowest BCUT2D eigenvalue weighted by molar-refractivity contribution is -0.384. The highest BCUT2D eigenvalue weighted by atomic mass is 16.6. The molecule has 0 unspecified atom stereocenters. The number of aromatic nitrogens is 1. The van der Waals surface area contributed by atoms with Gasteiger partial charge in [-0.3, -0.25) is 14.9 Å². The fourth-order valence-electron chi connectivity index (χ4n) is 2.28. The summed E-state index contributed by atoms with van der Waals surface area (Å²) in [6.45, 7) is 1.57. The van der Waals surface area contributed by atoms with Gasteiger partial charge in [-0.2, -0.15) is 0 Å². The summed E-state index contributed by atoms with van der Waals surface area (Å²) in [5, 5.41) is 14.0. The van der Waals surface area contributed by atoms with E-state index in [4.69, 9.17) is 0 Å². The van der Waals surface area contributed by atoms with Gasteiger partial charge in [-0.05, 0) is 12.8 Å². The number of carbonyl (C=O) groups is 1. The third-order valence-electron chi connectivity index (χ3n) is 3.83. The fraction of sp³-hybridized carbons (Fsp3) is 0.583. The number of hydrogen-bond acceptors (Lipinski definition) is 4. The molecule has 1 aromatic rings. The first-order valence-corrected chi connectivity index (χ1v) is 6.42. The van der Waals surface area contributed by atoms with Crippen LogP contribution in [0.25, 0.3) is 0 Å². The van der Waals surface area contributed by atoms with Crippen LogP contribution in [0.3, 0.4) is 0 Å². The summed E-state index contributed by atoms with van der Waals surface area (Å²) >= 11 is 0. The van der Waals surface area contributed by atoms with Crippen LogP contribution in [0.15, 0.2) is 12.3 Å². The van der Waals surface area contributed by atoms with Crippen molar-refractivity contribution in [2.24, 2.45) is 0 Å². The van der Waals surface area contributed by atoms with Crippen LogP contribution in [0.1, 0.15) is 29.4 Å². The molecule has 1 aliphatic heterocycles. The van der Waals surface area contributed by atoms with Crippen molar-refractivity contribution in [2.45, 2.75) is 24.9 Å². The lowest BCUT2D eigenvalue weighted by atomic mass is 10.1. The molecule has 7 heteroatoms. The molecule has 1 saturated carbocycles. The van der Waals surface area contributed by atoms with Crippen LogP contribution in [0.2, 0.25) is 0 Å². The molecule has 0 aromatic carbocycles. The Kier molecular flexibility index (Phi) is 2.78. The van der Waals surface area contributed by atoms with Gasteiger partial charge < -0.3 is 14.8 Å². The third kappa shape index (κ3) is 2.10. The Labute approximate surface area is 110 Å². The van der Waals surface area contributed by atoms with E-state index in [1.807, 2.05) is 0 Å². The van der Waals surface area contributed by atoms with Crippen LogP contribution in [-0.4, -0.2) is 46.5 Å². The third-order valence-corrected chi connectivity index (χ3v) is 3.83. The number of amides is 1. The lowest BCUT2D eigenvalue weighted by Gasteiger charge is -2.35. The maximum Gasteiger partial charge on any atom is 0.287 e. The predicted octanol–water partition coefficient (Wildman–Crippen LogP) is 0.775. The normalized spacial score (nSPS) is 19.0. The number of carbonyl (C=O) groups excluding carboxylic acids is 1. The molecular formula is C12H16N4O3. The lowest BCUT2D eigenvalue weighted by Crippen LogP contribution is -2.57. The summed E-state index contributed by atoms with van der Waals surface area (Å²) in [4.78, 5) is 24.5. The van der Waals surface area contributed by atoms with Gasteiger partial charge in [-0.25, -0.2) is 0 Å². The molecular weight excluding hydrogens is 248 g/mol. The molecule has 1 aliphatic carbocycles. The number of nitrogens with one attached hydrogen (secondary N) is 1. The first-order chi connectivity index (χ1) is 9.08. The van der Waals surface area contributed by atoms with E-state index in [9.17, 15) is 14.9 Å². The molecule has 0 spiro atoms. The molecule has 3 rings (SSSR count). The molecule has 2 fully saturated rings. The molecule has 0 atom stereocenters. The Hall–Kier alpha value is -1.89. The van der Waals surface area contributed by atoms with E-state index in [1.54, 1.807) is 16.5 Å². The monoisotopic (exact) mass is 264 g/mol. The average molecular weight is 264 g/mol. The van der Waals surface area contributed by atoms with Crippen molar-refractivity contribution >= 4 is 11.6 Å². The van der Waals surface area contributed by atoms with Gasteiger partial charge in [0.05, 0.1) is 17.2 Å². The molecule has 1 aromatic heterocycles. The van der Waals surface area contributed by atoms with Gasteiger partial charge in [0.2, 0.25) is 0 Å². The van der Waals surface area contributed by atoms with E-state index in [1.165, 1.54) is 12.3 Å². The van der Waals surface area contributed by atoms with Gasteiger partial charge in [-0.1, -0.05) is 0 Å². The molecule has 0 radical (unpaired) electrons. The minimum Gasteiger partial charge on any atom is -0.335 e. The van der Waals surface area contributed by atoms with Crippen LogP contribution < -0.4 is 5.32 Å². The molecule has 1 amide bonds. The van der Waals surface area contributed by atoms with E-state index < -0.39 is 4.92 Å². The zero-order valence-corrected chi connectivity index (χ0v) is 10.7. The zero-order chi connectivity index (χ0) is 13.6. The van der Waals surface area contributed by atoms with E-state index >= 15 is 0 Å². The molecule has 2 aliphatic rings. The first-order valence-electron chi connectivity index (χ1n) is 6.42. The molecule has 1 N–H and O–H groups in total. The van der Waals surface area contributed by atoms with E-state index in [2.05, 4.69) is 5.32 Å². The van der Waals surface area contributed by atoms with Crippen LogP contribution in [-0.2, 0) is 0 Å². The summed E-state index contributed by atoms with van der Waals surface area (Å²) in [6, 6.07) is 1.83. The summed E-state index contributed by atoms with van der Waals surface area (Å²) in [5.41, 5.74) is 0.430. The number of rotatable bonds is 4. The predicted molar refractivity (Wildman–Crippen MR) is 68.1 cm³/mol. The average Bonchev–Trinajstić information content (AvgIpc) is 3.04. The van der Waals surface area contributed by atoms with Crippen LogP contribution >= 0.6 is 0 Å². The van der Waals surface area contributed by atoms with Crippen molar-refractivity contribution in [3.8, 4) is 0 Å². The van der Waals surface area contributed by atoms with E-state index in [0.717, 1.165) is 25.9 Å². The minimum absolute atomic E-state index is 0.00427. The Morgan fingerprint density at radius 3 is 2.68 bits per heavy atom. The summed E-state index contributed by atoms with van der Waals surface area (Å²) in [7, 11) is 1.75. The molecule has 102 valence electrons. The second-order valence-corrected chi connectivity index (χ2v) is 5.21. The highest BCUT2D eigenvalue weighted by Crippen LogP contribution is 2.38. The van der Waals surface area contributed by atoms with Gasteiger partial charge >= 0.3 is 0 Å². The van der Waals surface area contributed by atoms with Crippen molar-refractivity contribution in [2.75, 3.05) is 20.1 Å². The van der Waals surface area contributed by atoms with Crippen molar-refractivity contribution in [1.29, 1.82) is 0 Å². The maximum atomic E-state index is 12.4. The topological polar surface area (TPSA) is 80.4 Å². The second-order valence-electron chi connectivity index (χ2n) is 5.21. The van der Waals surface area contributed by atoms with Gasteiger partial charge in [0.25, 0.3) is 11.6 Å². The second kappa shape index (κ2) is 4.34. The first kappa shape index (κ1) is 12.2. The van der Waals surface area contributed by atoms with Gasteiger partial charge in [0, 0.05) is 32.2 Å². The summed E-state index contributed by atoms with van der Waals surface area (Å²) < 4.78 is 1.77. The molecule has 19 heavy (non-hydrogen) atoms. The Bertz CT molecular complexity index is 531. The fourth-order valence-corrected chi connectivity index (χ4v) is 2.28. The van der Waals surface area contributed by atoms with Gasteiger partial charge in [0.15, 0.2) is 0 Å². The largest absolute Gasteiger partial charge is 0.335 e. The standard InChI is InChI=1S/C12H16N4O3/c1-14(10-5-13-6-10)12(17)11-4-9(16(18)19)7-15(11)8-2-3-8/h4,7-8,10,13H,2-3,5-6H2,1H3. The van der Waals surface area contributed by atoms with Gasteiger partial charge in [-0.15, -0.1) is 0 Å². The van der Waals surface area contributed by atoms with Crippen molar-refractivity contribution in [3.63, 3.8) is 0 Å². The van der Waals surface area contributed by atoms with Crippen LogP contribution in [0.5, 0.6) is 0 Å². The van der Waals surface area contributed by atoms with Crippen molar-refractivity contribution < 1.29 is 9.72 Å². The highest BCUT2D eigenvalue weighted by Gasteiger charge is 2.33. The van der Waals surface area contributed by atoms with Crippen molar-refractivity contribution in [3.05, 3.63) is 28.1 Å².